The predicted molar refractivity (Wildman–Crippen MR) is 81.9 cm³/mol. The molecule has 1 aliphatic rings. The first-order valence-electron chi connectivity index (χ1n) is 6.85. The number of carbonyl (C=O) groups excluding carboxylic acids is 1. The van der Waals surface area contributed by atoms with Gasteiger partial charge in [0.2, 0.25) is 0 Å². The highest BCUT2D eigenvalue weighted by atomic mass is 35.5. The lowest BCUT2D eigenvalue weighted by atomic mass is 9.76. The molecule has 6 heteroatoms. The summed E-state index contributed by atoms with van der Waals surface area (Å²) >= 11 is 11.9. The van der Waals surface area contributed by atoms with Crippen LogP contribution < -0.4 is 5.32 Å². The number of aliphatic carboxylic acids is 1. The smallest absolute Gasteiger partial charge is 0.329 e. The molecule has 0 heterocycles. The van der Waals surface area contributed by atoms with Crippen molar-refractivity contribution in [1.82, 2.24) is 5.32 Å². The van der Waals surface area contributed by atoms with E-state index >= 15 is 0 Å². The quantitative estimate of drug-likeness (QED) is 0.887. The number of rotatable bonds is 3. The maximum absolute atomic E-state index is 12.4. The van der Waals surface area contributed by atoms with Crippen molar-refractivity contribution in [2.45, 2.75) is 38.1 Å². The molecule has 1 fully saturated rings. The third-order valence-electron chi connectivity index (χ3n) is 3.96. The summed E-state index contributed by atoms with van der Waals surface area (Å²) in [6.45, 7) is 2.00. The van der Waals surface area contributed by atoms with Crippen LogP contribution in [-0.4, -0.2) is 22.5 Å². The molecule has 0 bridgehead atoms. The van der Waals surface area contributed by atoms with Crippen molar-refractivity contribution in [2.24, 2.45) is 5.92 Å². The summed E-state index contributed by atoms with van der Waals surface area (Å²) in [6, 6.07) is 4.72. The molecule has 1 saturated carbocycles. The summed E-state index contributed by atoms with van der Waals surface area (Å²) in [5.74, 6) is -1.25. The van der Waals surface area contributed by atoms with E-state index in [1.54, 1.807) is 12.1 Å². The van der Waals surface area contributed by atoms with Gasteiger partial charge in [-0.2, -0.15) is 0 Å². The zero-order valence-electron chi connectivity index (χ0n) is 11.7. The van der Waals surface area contributed by atoms with Crippen LogP contribution in [0.25, 0.3) is 0 Å². The molecule has 1 amide bonds. The Morgan fingerprint density at radius 3 is 2.71 bits per heavy atom. The molecule has 2 rings (SSSR count). The molecule has 1 aromatic carbocycles. The van der Waals surface area contributed by atoms with Gasteiger partial charge in [-0.1, -0.05) is 49.0 Å². The molecule has 21 heavy (non-hydrogen) atoms. The second kappa shape index (κ2) is 6.24. The number of hydrogen-bond donors (Lipinski definition) is 2. The molecular weight excluding hydrogens is 313 g/mol. The Balaban J connectivity index is 2.27. The number of hydrogen-bond acceptors (Lipinski definition) is 2. The summed E-state index contributed by atoms with van der Waals surface area (Å²) in [4.78, 5) is 24.1. The topological polar surface area (TPSA) is 66.4 Å². The average molecular weight is 330 g/mol. The minimum atomic E-state index is -1.22. The third-order valence-corrected chi connectivity index (χ3v) is 4.77. The number of carboxylic acids is 1. The Morgan fingerprint density at radius 2 is 2.10 bits per heavy atom. The Labute approximate surface area is 133 Å². The first kappa shape index (κ1) is 16.1. The average Bonchev–Trinajstić information content (AvgIpc) is 2.41. The van der Waals surface area contributed by atoms with Crippen LogP contribution in [0.5, 0.6) is 0 Å². The van der Waals surface area contributed by atoms with E-state index in [4.69, 9.17) is 23.2 Å². The van der Waals surface area contributed by atoms with E-state index in [9.17, 15) is 14.7 Å². The van der Waals surface area contributed by atoms with E-state index in [0.29, 0.717) is 12.8 Å². The second-order valence-electron chi connectivity index (χ2n) is 5.64. The monoisotopic (exact) mass is 329 g/mol. The van der Waals surface area contributed by atoms with Crippen LogP contribution in [0.2, 0.25) is 10.0 Å². The summed E-state index contributed by atoms with van der Waals surface area (Å²) < 4.78 is 0. The summed E-state index contributed by atoms with van der Waals surface area (Å²) in [5, 5.41) is 12.6. The van der Waals surface area contributed by atoms with Crippen LogP contribution in [0, 0.1) is 5.92 Å². The van der Waals surface area contributed by atoms with Gasteiger partial charge in [-0.25, -0.2) is 4.79 Å². The Morgan fingerprint density at radius 1 is 1.38 bits per heavy atom. The van der Waals surface area contributed by atoms with Crippen molar-refractivity contribution in [1.29, 1.82) is 0 Å². The Bertz CT molecular complexity index is 576. The van der Waals surface area contributed by atoms with Gasteiger partial charge in [0.1, 0.15) is 5.54 Å². The maximum Gasteiger partial charge on any atom is 0.329 e. The number of carbonyl (C=O) groups is 2. The van der Waals surface area contributed by atoms with Gasteiger partial charge in [0.25, 0.3) is 5.91 Å². The molecule has 0 aromatic heterocycles. The SMILES string of the molecule is CC1CCCC(NC(=O)c2cccc(Cl)c2Cl)(C(=O)O)C1. The summed E-state index contributed by atoms with van der Waals surface area (Å²) in [5.41, 5.74) is -1.02. The molecule has 0 spiro atoms. The number of benzene rings is 1. The highest BCUT2D eigenvalue weighted by Gasteiger charge is 2.43. The lowest BCUT2D eigenvalue weighted by Gasteiger charge is -2.37. The predicted octanol–water partition coefficient (Wildman–Crippen LogP) is 3.76. The first-order chi connectivity index (χ1) is 9.85. The fourth-order valence-electron chi connectivity index (χ4n) is 2.88. The molecule has 114 valence electrons. The van der Waals surface area contributed by atoms with E-state index in [0.717, 1.165) is 12.8 Å². The van der Waals surface area contributed by atoms with Crippen molar-refractivity contribution in [3.8, 4) is 0 Å². The van der Waals surface area contributed by atoms with E-state index in [1.807, 2.05) is 6.92 Å². The largest absolute Gasteiger partial charge is 0.480 e. The van der Waals surface area contributed by atoms with E-state index < -0.39 is 17.4 Å². The minimum Gasteiger partial charge on any atom is -0.480 e. The lowest BCUT2D eigenvalue weighted by molar-refractivity contribution is -0.146. The molecule has 2 atom stereocenters. The summed E-state index contributed by atoms with van der Waals surface area (Å²) in [6.07, 6.45) is 2.60. The van der Waals surface area contributed by atoms with Crippen LogP contribution >= 0.6 is 23.2 Å². The molecular formula is C15H17Cl2NO3. The molecule has 1 aliphatic carbocycles. The fraction of sp³-hybridized carbons (Fsp3) is 0.467. The molecule has 1 aromatic rings. The van der Waals surface area contributed by atoms with Crippen molar-refractivity contribution in [3.63, 3.8) is 0 Å². The molecule has 0 saturated heterocycles. The van der Waals surface area contributed by atoms with Crippen LogP contribution in [-0.2, 0) is 4.79 Å². The highest BCUT2D eigenvalue weighted by Crippen LogP contribution is 2.33. The molecule has 2 unspecified atom stereocenters. The van der Waals surface area contributed by atoms with Gasteiger partial charge in [-0.15, -0.1) is 0 Å². The van der Waals surface area contributed by atoms with Gasteiger partial charge in [0.05, 0.1) is 15.6 Å². The van der Waals surface area contributed by atoms with Crippen LogP contribution in [0.3, 0.4) is 0 Å². The third kappa shape index (κ3) is 3.33. The fourth-order valence-corrected chi connectivity index (χ4v) is 3.26. The van der Waals surface area contributed by atoms with Gasteiger partial charge >= 0.3 is 5.97 Å². The standard InChI is InChI=1S/C15H17Cl2NO3/c1-9-4-3-7-15(8-9,14(20)21)18-13(19)10-5-2-6-11(16)12(10)17/h2,5-6,9H,3-4,7-8H2,1H3,(H,18,19)(H,20,21). The maximum atomic E-state index is 12.4. The van der Waals surface area contributed by atoms with Crippen molar-refractivity contribution in [3.05, 3.63) is 33.8 Å². The molecule has 2 N–H and O–H groups in total. The van der Waals surface area contributed by atoms with Gasteiger partial charge < -0.3 is 10.4 Å². The molecule has 0 radical (unpaired) electrons. The van der Waals surface area contributed by atoms with Gasteiger partial charge in [-0.05, 0) is 30.9 Å². The van der Waals surface area contributed by atoms with E-state index in [2.05, 4.69) is 5.32 Å². The van der Waals surface area contributed by atoms with Crippen LogP contribution in [0.15, 0.2) is 18.2 Å². The number of halogens is 2. The van der Waals surface area contributed by atoms with Gasteiger partial charge in [0, 0.05) is 0 Å². The summed E-state index contributed by atoms with van der Waals surface area (Å²) in [7, 11) is 0. The van der Waals surface area contributed by atoms with Crippen LogP contribution in [0.4, 0.5) is 0 Å². The zero-order chi connectivity index (χ0) is 15.6. The van der Waals surface area contributed by atoms with Gasteiger partial charge in [0.15, 0.2) is 0 Å². The zero-order valence-corrected chi connectivity index (χ0v) is 13.2. The van der Waals surface area contributed by atoms with Crippen molar-refractivity contribution >= 4 is 35.1 Å². The molecule has 4 nitrogen and oxygen atoms in total. The van der Waals surface area contributed by atoms with E-state index in [1.165, 1.54) is 6.07 Å². The molecule has 0 aliphatic heterocycles. The van der Waals surface area contributed by atoms with Gasteiger partial charge in [-0.3, -0.25) is 4.79 Å². The first-order valence-corrected chi connectivity index (χ1v) is 7.61. The minimum absolute atomic E-state index is 0.140. The lowest BCUT2D eigenvalue weighted by Crippen LogP contribution is -2.56. The van der Waals surface area contributed by atoms with E-state index in [-0.39, 0.29) is 21.5 Å². The number of carboxylic acid groups (broad SMARTS) is 1. The van der Waals surface area contributed by atoms with Crippen LogP contribution in [0.1, 0.15) is 43.0 Å². The number of amides is 1. The normalized spacial score (nSPS) is 25.4. The van der Waals surface area contributed by atoms with Crippen molar-refractivity contribution < 1.29 is 14.7 Å². The van der Waals surface area contributed by atoms with Crippen molar-refractivity contribution in [2.75, 3.05) is 0 Å². The highest BCUT2D eigenvalue weighted by molar-refractivity contribution is 6.43. The second-order valence-corrected chi connectivity index (χ2v) is 6.43. The Hall–Kier alpha value is -1.26. The number of nitrogens with one attached hydrogen (secondary N) is 1. The Kier molecular flexibility index (Phi) is 4.79.